The number of aldehydes is 1. The number of aromatic amines is 1. The summed E-state index contributed by atoms with van der Waals surface area (Å²) in [5, 5.41) is 0. The van der Waals surface area contributed by atoms with Crippen LogP contribution >= 0.6 is 0 Å². The molecule has 4 nitrogen and oxygen atoms in total. The lowest BCUT2D eigenvalue weighted by Gasteiger charge is -1.81. The molecule has 2 heterocycles. The summed E-state index contributed by atoms with van der Waals surface area (Å²) in [6.07, 6.45) is 2.81. The van der Waals surface area contributed by atoms with Crippen molar-refractivity contribution in [2.75, 3.05) is 0 Å². The van der Waals surface area contributed by atoms with Crippen LogP contribution in [0.2, 0.25) is 0 Å². The van der Waals surface area contributed by atoms with Crippen LogP contribution < -0.4 is 0 Å². The zero-order valence-electron chi connectivity index (χ0n) is 6.32. The topological polar surface area (TPSA) is 58.6 Å². The van der Waals surface area contributed by atoms with E-state index in [4.69, 9.17) is 0 Å². The molecule has 0 radical (unpaired) electrons. The lowest BCUT2D eigenvalue weighted by atomic mass is 10.4. The van der Waals surface area contributed by atoms with Gasteiger partial charge in [-0.2, -0.15) is 0 Å². The first kappa shape index (κ1) is 6.97. The third kappa shape index (κ3) is 1.07. The van der Waals surface area contributed by atoms with Gasteiger partial charge in [0.1, 0.15) is 12.1 Å². The third-order valence-electron chi connectivity index (χ3n) is 1.58. The van der Waals surface area contributed by atoms with E-state index in [0.717, 1.165) is 11.8 Å². The second kappa shape index (κ2) is 2.73. The van der Waals surface area contributed by atoms with Gasteiger partial charge in [0.2, 0.25) is 0 Å². The first-order chi connectivity index (χ1) is 5.90. The summed E-state index contributed by atoms with van der Waals surface area (Å²) in [5.74, 6) is 0.665. The van der Waals surface area contributed by atoms with E-state index in [1.165, 1.54) is 0 Å². The molecular formula is C8H7N3O. The van der Waals surface area contributed by atoms with E-state index < -0.39 is 0 Å². The Morgan fingerprint density at radius 2 is 2.50 bits per heavy atom. The zero-order chi connectivity index (χ0) is 8.39. The van der Waals surface area contributed by atoms with Gasteiger partial charge in [-0.3, -0.25) is 0 Å². The van der Waals surface area contributed by atoms with Gasteiger partial charge in [0.15, 0.2) is 5.65 Å². The van der Waals surface area contributed by atoms with Gasteiger partial charge < -0.3 is 9.78 Å². The average molecular weight is 161 g/mol. The SMILES string of the molecule is O=CCc1nc2ncccc2[nH]1. The van der Waals surface area contributed by atoms with Crippen LogP contribution in [0.5, 0.6) is 0 Å². The summed E-state index contributed by atoms with van der Waals surface area (Å²) in [7, 11) is 0. The first-order valence-electron chi connectivity index (χ1n) is 3.63. The summed E-state index contributed by atoms with van der Waals surface area (Å²) in [6, 6.07) is 3.70. The number of aromatic nitrogens is 3. The fourth-order valence-corrected chi connectivity index (χ4v) is 1.07. The molecule has 0 bridgehead atoms. The van der Waals surface area contributed by atoms with Crippen molar-refractivity contribution in [1.82, 2.24) is 15.0 Å². The molecule has 2 aromatic rings. The molecule has 0 unspecified atom stereocenters. The van der Waals surface area contributed by atoms with Crippen molar-refractivity contribution in [3.63, 3.8) is 0 Å². The average Bonchev–Trinajstić information content (AvgIpc) is 2.47. The number of hydrogen-bond donors (Lipinski definition) is 1. The van der Waals surface area contributed by atoms with Gasteiger partial charge >= 0.3 is 0 Å². The van der Waals surface area contributed by atoms with Crippen LogP contribution in [-0.2, 0) is 11.2 Å². The molecule has 0 amide bonds. The third-order valence-corrected chi connectivity index (χ3v) is 1.58. The minimum absolute atomic E-state index is 0.316. The van der Waals surface area contributed by atoms with Crippen molar-refractivity contribution in [3.05, 3.63) is 24.2 Å². The Morgan fingerprint density at radius 1 is 1.58 bits per heavy atom. The number of imidazole rings is 1. The molecule has 0 aliphatic heterocycles. The van der Waals surface area contributed by atoms with E-state index in [9.17, 15) is 4.79 Å². The van der Waals surface area contributed by atoms with Crippen LogP contribution in [0.1, 0.15) is 5.82 Å². The van der Waals surface area contributed by atoms with E-state index >= 15 is 0 Å². The summed E-state index contributed by atoms with van der Waals surface area (Å²) in [6.45, 7) is 0. The predicted molar refractivity (Wildman–Crippen MR) is 43.7 cm³/mol. The molecule has 2 rings (SSSR count). The Bertz CT molecular complexity index is 374. The van der Waals surface area contributed by atoms with Crippen molar-refractivity contribution in [1.29, 1.82) is 0 Å². The van der Waals surface area contributed by atoms with E-state index in [1.54, 1.807) is 6.20 Å². The number of hydrogen-bond acceptors (Lipinski definition) is 3. The number of nitrogens with zero attached hydrogens (tertiary/aromatic N) is 2. The van der Waals surface area contributed by atoms with Crippen molar-refractivity contribution < 1.29 is 4.79 Å². The number of carbonyl (C=O) groups excluding carboxylic acids is 1. The Labute approximate surface area is 68.7 Å². The zero-order valence-corrected chi connectivity index (χ0v) is 6.32. The Hall–Kier alpha value is -1.71. The second-order valence-corrected chi connectivity index (χ2v) is 2.43. The highest BCUT2D eigenvalue weighted by Crippen LogP contribution is 2.06. The highest BCUT2D eigenvalue weighted by atomic mass is 16.1. The Kier molecular flexibility index (Phi) is 1.59. The van der Waals surface area contributed by atoms with Crippen LogP contribution in [0.25, 0.3) is 11.2 Å². The maximum Gasteiger partial charge on any atom is 0.177 e. The van der Waals surface area contributed by atoms with E-state index in [0.29, 0.717) is 17.9 Å². The van der Waals surface area contributed by atoms with Crippen LogP contribution in [0.3, 0.4) is 0 Å². The number of nitrogens with one attached hydrogen (secondary N) is 1. The molecule has 0 aromatic carbocycles. The van der Waals surface area contributed by atoms with E-state index in [-0.39, 0.29) is 0 Å². The Balaban J connectivity index is 2.54. The lowest BCUT2D eigenvalue weighted by Crippen LogP contribution is -1.87. The van der Waals surface area contributed by atoms with Crippen LogP contribution in [0.15, 0.2) is 18.3 Å². The predicted octanol–water partition coefficient (Wildman–Crippen LogP) is 0.699. The fraction of sp³-hybridized carbons (Fsp3) is 0.125. The number of pyridine rings is 1. The molecule has 0 saturated heterocycles. The Morgan fingerprint density at radius 3 is 3.25 bits per heavy atom. The minimum atomic E-state index is 0.316. The van der Waals surface area contributed by atoms with Crippen LogP contribution in [0, 0.1) is 0 Å². The summed E-state index contributed by atoms with van der Waals surface area (Å²) in [4.78, 5) is 21.3. The van der Waals surface area contributed by atoms with Gasteiger partial charge in [-0.05, 0) is 12.1 Å². The maximum atomic E-state index is 10.2. The van der Waals surface area contributed by atoms with Gasteiger partial charge in [-0.1, -0.05) is 0 Å². The molecule has 0 aliphatic carbocycles. The summed E-state index contributed by atoms with van der Waals surface area (Å²) < 4.78 is 0. The summed E-state index contributed by atoms with van der Waals surface area (Å²) in [5.41, 5.74) is 1.53. The maximum absolute atomic E-state index is 10.2. The summed E-state index contributed by atoms with van der Waals surface area (Å²) >= 11 is 0. The molecule has 12 heavy (non-hydrogen) atoms. The highest BCUT2D eigenvalue weighted by Gasteiger charge is 2.00. The number of H-pyrrole nitrogens is 1. The number of fused-ring (bicyclic) bond motifs is 1. The molecule has 0 atom stereocenters. The molecule has 0 fully saturated rings. The minimum Gasteiger partial charge on any atom is -0.340 e. The molecule has 0 spiro atoms. The smallest absolute Gasteiger partial charge is 0.177 e. The number of rotatable bonds is 2. The molecule has 1 N–H and O–H groups in total. The van der Waals surface area contributed by atoms with Gasteiger partial charge in [-0.25, -0.2) is 9.97 Å². The molecule has 0 saturated carbocycles. The van der Waals surface area contributed by atoms with Crippen molar-refractivity contribution in [3.8, 4) is 0 Å². The fourth-order valence-electron chi connectivity index (χ4n) is 1.07. The molecule has 2 aromatic heterocycles. The number of carbonyl (C=O) groups is 1. The monoisotopic (exact) mass is 161 g/mol. The van der Waals surface area contributed by atoms with Crippen molar-refractivity contribution >= 4 is 17.5 Å². The normalized spacial score (nSPS) is 10.3. The molecule has 4 heteroatoms. The highest BCUT2D eigenvalue weighted by molar-refractivity contribution is 5.70. The molecule has 0 aliphatic rings. The first-order valence-corrected chi connectivity index (χ1v) is 3.63. The largest absolute Gasteiger partial charge is 0.340 e. The molecular weight excluding hydrogens is 154 g/mol. The van der Waals surface area contributed by atoms with E-state index in [1.807, 2.05) is 12.1 Å². The van der Waals surface area contributed by atoms with Gasteiger partial charge in [-0.15, -0.1) is 0 Å². The van der Waals surface area contributed by atoms with E-state index in [2.05, 4.69) is 15.0 Å². The quantitative estimate of drug-likeness (QED) is 0.659. The van der Waals surface area contributed by atoms with Gasteiger partial charge in [0, 0.05) is 6.20 Å². The standard InChI is InChI=1S/C8H7N3O/c12-5-3-7-10-6-2-1-4-9-8(6)11-7/h1-2,4-5H,3H2,(H,9,10,11). The lowest BCUT2D eigenvalue weighted by molar-refractivity contribution is -0.107. The van der Waals surface area contributed by atoms with Crippen LogP contribution in [-0.4, -0.2) is 21.2 Å². The van der Waals surface area contributed by atoms with Gasteiger partial charge in [0.05, 0.1) is 11.9 Å². The molecule has 60 valence electrons. The van der Waals surface area contributed by atoms with Crippen molar-refractivity contribution in [2.45, 2.75) is 6.42 Å². The van der Waals surface area contributed by atoms with Gasteiger partial charge in [0.25, 0.3) is 0 Å². The second-order valence-electron chi connectivity index (χ2n) is 2.43. The van der Waals surface area contributed by atoms with Crippen LogP contribution in [0.4, 0.5) is 0 Å². The van der Waals surface area contributed by atoms with Crippen molar-refractivity contribution in [2.24, 2.45) is 0 Å².